The fraction of sp³-hybridized carbons (Fsp3) is 0.417. The number of nitrogens with one attached hydrogen (secondary N) is 1. The summed E-state index contributed by atoms with van der Waals surface area (Å²) in [6, 6.07) is 3.22. The average molecular weight is 301 g/mol. The van der Waals surface area contributed by atoms with Gasteiger partial charge in [0.1, 0.15) is 10.9 Å². The third kappa shape index (κ3) is 2.70. The smallest absolute Gasteiger partial charge is 0.322 e. The van der Waals surface area contributed by atoms with Crippen LogP contribution < -0.4 is 14.2 Å². The quantitative estimate of drug-likeness (QED) is 0.834. The van der Waals surface area contributed by atoms with Crippen molar-refractivity contribution in [3.05, 3.63) is 18.2 Å². The Morgan fingerprint density at radius 2 is 2.05 bits per heavy atom. The number of ether oxygens (including phenoxy) is 2. The molecule has 20 heavy (non-hydrogen) atoms. The average Bonchev–Trinajstić information content (AvgIpc) is 2.83. The maximum atomic E-state index is 12.3. The molecule has 1 heterocycles. The van der Waals surface area contributed by atoms with E-state index < -0.39 is 28.0 Å². The number of benzene rings is 1. The number of hydrogen-bond donors (Lipinski definition) is 2. The Bertz CT molecular complexity index is 625. The largest absolute Gasteiger partial charge is 0.480 e. The van der Waals surface area contributed by atoms with Crippen molar-refractivity contribution < 1.29 is 27.8 Å². The summed E-state index contributed by atoms with van der Waals surface area (Å²) in [5.74, 6) is -1.19. The monoisotopic (exact) mass is 301 g/mol. The Labute approximate surface area is 116 Å². The van der Waals surface area contributed by atoms with Crippen molar-refractivity contribution in [1.29, 1.82) is 0 Å². The fourth-order valence-electron chi connectivity index (χ4n) is 1.82. The van der Waals surface area contributed by atoms with E-state index in [2.05, 4.69) is 4.72 Å². The van der Waals surface area contributed by atoms with Crippen molar-refractivity contribution in [2.45, 2.75) is 24.8 Å². The van der Waals surface area contributed by atoms with E-state index in [0.717, 1.165) is 0 Å². The van der Waals surface area contributed by atoms with Gasteiger partial charge >= 0.3 is 5.97 Å². The van der Waals surface area contributed by atoms with Gasteiger partial charge in [0.2, 0.25) is 16.8 Å². The van der Waals surface area contributed by atoms with Crippen molar-refractivity contribution in [1.82, 2.24) is 4.72 Å². The third-order valence-electron chi connectivity index (χ3n) is 2.86. The molecule has 0 saturated heterocycles. The van der Waals surface area contributed by atoms with Crippen LogP contribution in [-0.2, 0) is 14.8 Å². The van der Waals surface area contributed by atoms with Crippen LogP contribution in [0.25, 0.3) is 0 Å². The van der Waals surface area contributed by atoms with E-state index >= 15 is 0 Å². The second kappa shape index (κ2) is 5.29. The molecule has 0 fully saturated rings. The molecule has 1 aromatic carbocycles. The summed E-state index contributed by atoms with van der Waals surface area (Å²) >= 11 is 0. The number of carbonyl (C=O) groups is 1. The van der Waals surface area contributed by atoms with Gasteiger partial charge in [-0.2, -0.15) is 4.72 Å². The minimum absolute atomic E-state index is 0.0611. The maximum absolute atomic E-state index is 12.3. The van der Waals surface area contributed by atoms with Crippen LogP contribution in [0.3, 0.4) is 0 Å². The zero-order valence-corrected chi connectivity index (χ0v) is 11.8. The number of sulfonamides is 1. The van der Waals surface area contributed by atoms with Crippen LogP contribution >= 0.6 is 0 Å². The highest BCUT2D eigenvalue weighted by atomic mass is 32.2. The van der Waals surface area contributed by atoms with Gasteiger partial charge < -0.3 is 14.6 Å². The molecule has 0 spiro atoms. The number of aliphatic carboxylic acids is 1. The molecule has 110 valence electrons. The number of carboxylic acid groups (broad SMARTS) is 1. The van der Waals surface area contributed by atoms with Crippen LogP contribution in [0, 0.1) is 5.92 Å². The first kappa shape index (κ1) is 14.6. The second-order valence-corrected chi connectivity index (χ2v) is 6.35. The Hall–Kier alpha value is -1.80. The predicted octanol–water partition coefficient (Wildman–Crippen LogP) is 0.803. The molecule has 7 nitrogen and oxygen atoms in total. The summed E-state index contributed by atoms with van der Waals surface area (Å²) in [7, 11) is -4.01. The highest BCUT2D eigenvalue weighted by Gasteiger charge is 2.32. The molecule has 1 atom stereocenters. The van der Waals surface area contributed by atoms with Crippen LogP contribution in [0.1, 0.15) is 13.8 Å². The summed E-state index contributed by atoms with van der Waals surface area (Å²) in [5.41, 5.74) is 0. The van der Waals surface area contributed by atoms with E-state index in [0.29, 0.717) is 5.75 Å². The Morgan fingerprint density at radius 3 is 2.65 bits per heavy atom. The zero-order chi connectivity index (χ0) is 14.9. The van der Waals surface area contributed by atoms with Gasteiger partial charge in [0, 0.05) is 0 Å². The Balaban J connectivity index is 2.37. The summed E-state index contributed by atoms with van der Waals surface area (Å²) in [4.78, 5) is 11.0. The van der Waals surface area contributed by atoms with E-state index in [1.807, 2.05) is 0 Å². The number of hydrogen-bond acceptors (Lipinski definition) is 5. The Morgan fingerprint density at radius 1 is 1.35 bits per heavy atom. The lowest BCUT2D eigenvalue weighted by molar-refractivity contribution is -0.140. The predicted molar refractivity (Wildman–Crippen MR) is 69.1 cm³/mol. The van der Waals surface area contributed by atoms with Gasteiger partial charge in [-0.05, 0) is 18.1 Å². The SMILES string of the molecule is CC(C)C(NS(=O)(=O)c1cccc2c1OCO2)C(=O)O. The van der Waals surface area contributed by atoms with E-state index in [1.165, 1.54) is 12.1 Å². The van der Waals surface area contributed by atoms with E-state index in [4.69, 9.17) is 14.6 Å². The van der Waals surface area contributed by atoms with Crippen molar-refractivity contribution in [3.63, 3.8) is 0 Å². The number of carboxylic acids is 1. The minimum atomic E-state index is -4.01. The lowest BCUT2D eigenvalue weighted by atomic mass is 10.1. The molecule has 0 aromatic heterocycles. The van der Waals surface area contributed by atoms with Gasteiger partial charge in [0.25, 0.3) is 0 Å². The van der Waals surface area contributed by atoms with E-state index in [1.54, 1.807) is 19.9 Å². The molecular weight excluding hydrogens is 286 g/mol. The number of para-hydroxylation sites is 1. The lowest BCUT2D eigenvalue weighted by Gasteiger charge is -2.18. The maximum Gasteiger partial charge on any atom is 0.322 e. The van der Waals surface area contributed by atoms with Crippen LogP contribution in [0.15, 0.2) is 23.1 Å². The van der Waals surface area contributed by atoms with Crippen molar-refractivity contribution >= 4 is 16.0 Å². The van der Waals surface area contributed by atoms with Crippen molar-refractivity contribution in [3.8, 4) is 11.5 Å². The van der Waals surface area contributed by atoms with Gasteiger partial charge in [-0.25, -0.2) is 8.42 Å². The van der Waals surface area contributed by atoms with Crippen molar-refractivity contribution in [2.24, 2.45) is 5.92 Å². The molecule has 0 aliphatic carbocycles. The second-order valence-electron chi connectivity index (χ2n) is 4.67. The first-order valence-corrected chi connectivity index (χ1v) is 7.45. The molecule has 1 aromatic rings. The van der Waals surface area contributed by atoms with Gasteiger partial charge in [0.15, 0.2) is 11.5 Å². The summed E-state index contributed by atoms with van der Waals surface area (Å²) < 4.78 is 37.0. The zero-order valence-electron chi connectivity index (χ0n) is 11.0. The topological polar surface area (TPSA) is 102 Å². The van der Waals surface area contributed by atoms with Crippen LogP contribution in [0.4, 0.5) is 0 Å². The first-order valence-electron chi connectivity index (χ1n) is 5.96. The molecule has 1 unspecified atom stereocenters. The lowest BCUT2D eigenvalue weighted by Crippen LogP contribution is -2.44. The molecule has 1 aliphatic rings. The van der Waals surface area contributed by atoms with Crippen molar-refractivity contribution in [2.75, 3.05) is 6.79 Å². The van der Waals surface area contributed by atoms with Gasteiger partial charge in [0.05, 0.1) is 0 Å². The van der Waals surface area contributed by atoms with Gasteiger partial charge in [-0.3, -0.25) is 4.79 Å². The number of fused-ring (bicyclic) bond motifs is 1. The molecule has 0 bridgehead atoms. The summed E-state index contributed by atoms with van der Waals surface area (Å²) in [6.07, 6.45) is 0. The molecule has 2 rings (SSSR count). The van der Waals surface area contributed by atoms with Crippen LogP contribution in [-0.4, -0.2) is 32.3 Å². The fourth-order valence-corrected chi connectivity index (χ4v) is 3.31. The summed E-state index contributed by atoms with van der Waals surface area (Å²) in [6.45, 7) is 3.18. The Kier molecular flexibility index (Phi) is 3.87. The molecule has 2 N–H and O–H groups in total. The normalized spacial score (nSPS) is 15.3. The van der Waals surface area contributed by atoms with E-state index in [9.17, 15) is 13.2 Å². The molecule has 0 saturated carbocycles. The van der Waals surface area contributed by atoms with Crippen LogP contribution in [0.2, 0.25) is 0 Å². The first-order chi connectivity index (χ1) is 9.33. The highest BCUT2D eigenvalue weighted by Crippen LogP contribution is 2.37. The van der Waals surface area contributed by atoms with Crippen LogP contribution in [0.5, 0.6) is 11.5 Å². The standard InChI is InChI=1S/C12H15NO6S/c1-7(2)10(12(14)15)13-20(16,17)9-5-3-4-8-11(9)19-6-18-8/h3-5,7,10,13H,6H2,1-2H3,(H,14,15). The van der Waals surface area contributed by atoms with Gasteiger partial charge in [-0.1, -0.05) is 19.9 Å². The molecule has 0 amide bonds. The molecule has 1 aliphatic heterocycles. The van der Waals surface area contributed by atoms with E-state index in [-0.39, 0.29) is 17.4 Å². The third-order valence-corrected chi connectivity index (χ3v) is 4.33. The number of rotatable bonds is 5. The summed E-state index contributed by atoms with van der Waals surface area (Å²) in [5, 5.41) is 9.06. The highest BCUT2D eigenvalue weighted by molar-refractivity contribution is 7.89. The minimum Gasteiger partial charge on any atom is -0.480 e. The molecule has 8 heteroatoms. The molecule has 0 radical (unpaired) electrons. The molecular formula is C12H15NO6S. The van der Waals surface area contributed by atoms with Gasteiger partial charge in [-0.15, -0.1) is 0 Å².